The van der Waals surface area contributed by atoms with Crippen molar-refractivity contribution in [1.82, 2.24) is 10.3 Å². The van der Waals surface area contributed by atoms with Crippen molar-refractivity contribution in [3.05, 3.63) is 23.3 Å². The molecule has 24 heavy (non-hydrogen) atoms. The maximum atomic E-state index is 12.7. The second kappa shape index (κ2) is 6.01. The molecular weight excluding hydrogens is 322 g/mol. The molecule has 4 rings (SSSR count). The van der Waals surface area contributed by atoms with Gasteiger partial charge in [0.15, 0.2) is 5.13 Å². The van der Waals surface area contributed by atoms with Crippen molar-refractivity contribution in [2.24, 2.45) is 0 Å². The number of thiazole rings is 1. The number of anilines is 1. The standard InChI is InChI=1S/C18H23N3O2S/c1-11-7-12(8-14-15(11)21-17(19)24-14)16(22)20-13-9-18(23-10-13)5-3-2-4-6-18/h7-8,13H,2-6,9-10H2,1H3,(H2,19,21)(H,20,22)/t13-/m0/s1. The topological polar surface area (TPSA) is 77.2 Å². The minimum Gasteiger partial charge on any atom is -0.375 e. The molecule has 0 bridgehead atoms. The normalized spacial score (nSPS) is 23.0. The molecular formula is C18H23N3O2S. The lowest BCUT2D eigenvalue weighted by Gasteiger charge is -2.32. The van der Waals surface area contributed by atoms with Gasteiger partial charge in [-0.15, -0.1) is 0 Å². The lowest BCUT2D eigenvalue weighted by molar-refractivity contribution is -0.0246. The van der Waals surface area contributed by atoms with Gasteiger partial charge in [-0.2, -0.15) is 0 Å². The molecule has 1 atom stereocenters. The van der Waals surface area contributed by atoms with E-state index in [0.717, 1.165) is 35.0 Å². The number of aryl methyl sites for hydroxylation is 1. The van der Waals surface area contributed by atoms with Gasteiger partial charge in [0.25, 0.3) is 5.91 Å². The summed E-state index contributed by atoms with van der Waals surface area (Å²) in [7, 11) is 0. The third-order valence-electron chi connectivity index (χ3n) is 5.27. The van der Waals surface area contributed by atoms with E-state index < -0.39 is 0 Å². The Morgan fingerprint density at radius 3 is 2.96 bits per heavy atom. The molecule has 2 fully saturated rings. The number of benzene rings is 1. The fourth-order valence-electron chi connectivity index (χ4n) is 4.10. The molecule has 1 aliphatic heterocycles. The number of fused-ring (bicyclic) bond motifs is 1. The molecule has 1 aromatic carbocycles. The van der Waals surface area contributed by atoms with Crippen LogP contribution in [0.15, 0.2) is 12.1 Å². The van der Waals surface area contributed by atoms with Crippen molar-refractivity contribution in [1.29, 1.82) is 0 Å². The largest absolute Gasteiger partial charge is 0.375 e. The van der Waals surface area contributed by atoms with E-state index in [4.69, 9.17) is 10.5 Å². The number of ether oxygens (including phenoxy) is 1. The van der Waals surface area contributed by atoms with Gasteiger partial charge in [-0.1, -0.05) is 30.6 Å². The number of nitrogens with two attached hydrogens (primary N) is 1. The first kappa shape index (κ1) is 15.8. The Kier molecular flexibility index (Phi) is 3.96. The van der Waals surface area contributed by atoms with Crippen LogP contribution in [0.5, 0.6) is 0 Å². The number of rotatable bonds is 2. The van der Waals surface area contributed by atoms with Crippen LogP contribution >= 0.6 is 11.3 Å². The molecule has 2 aliphatic rings. The summed E-state index contributed by atoms with van der Waals surface area (Å²) in [5.41, 5.74) is 8.35. The van der Waals surface area contributed by atoms with Crippen LogP contribution in [0.25, 0.3) is 10.2 Å². The Morgan fingerprint density at radius 2 is 2.17 bits per heavy atom. The number of hydrogen-bond acceptors (Lipinski definition) is 5. The Hall–Kier alpha value is -1.66. The second-order valence-electron chi connectivity index (χ2n) is 7.12. The predicted molar refractivity (Wildman–Crippen MR) is 96.4 cm³/mol. The van der Waals surface area contributed by atoms with Crippen LogP contribution in [0.4, 0.5) is 5.13 Å². The van der Waals surface area contributed by atoms with Gasteiger partial charge < -0.3 is 15.8 Å². The number of amides is 1. The highest BCUT2D eigenvalue weighted by Crippen LogP contribution is 2.39. The number of hydrogen-bond donors (Lipinski definition) is 2. The van der Waals surface area contributed by atoms with E-state index in [-0.39, 0.29) is 17.6 Å². The van der Waals surface area contributed by atoms with Gasteiger partial charge >= 0.3 is 0 Å². The first-order valence-corrected chi connectivity index (χ1v) is 9.48. The van der Waals surface area contributed by atoms with Crippen LogP contribution in [0.1, 0.15) is 54.4 Å². The van der Waals surface area contributed by atoms with Gasteiger partial charge in [0.05, 0.1) is 28.5 Å². The second-order valence-corrected chi connectivity index (χ2v) is 8.18. The maximum Gasteiger partial charge on any atom is 0.251 e. The summed E-state index contributed by atoms with van der Waals surface area (Å²) in [5.74, 6) is -0.0339. The van der Waals surface area contributed by atoms with E-state index in [1.54, 1.807) is 0 Å². The maximum absolute atomic E-state index is 12.7. The summed E-state index contributed by atoms with van der Waals surface area (Å²) in [4.78, 5) is 17.0. The van der Waals surface area contributed by atoms with E-state index in [9.17, 15) is 4.79 Å². The van der Waals surface area contributed by atoms with Crippen molar-refractivity contribution < 1.29 is 9.53 Å². The van der Waals surface area contributed by atoms with Crippen molar-refractivity contribution in [3.8, 4) is 0 Å². The van der Waals surface area contributed by atoms with Crippen LogP contribution in [0.3, 0.4) is 0 Å². The van der Waals surface area contributed by atoms with Gasteiger partial charge in [0, 0.05) is 5.56 Å². The molecule has 128 valence electrons. The molecule has 1 amide bonds. The highest BCUT2D eigenvalue weighted by atomic mass is 32.1. The first-order chi connectivity index (χ1) is 11.5. The number of carbonyl (C=O) groups is 1. The average Bonchev–Trinajstić information content (AvgIpc) is 3.11. The van der Waals surface area contributed by atoms with E-state index >= 15 is 0 Å². The number of nitrogen functional groups attached to an aromatic ring is 1. The minimum atomic E-state index is -0.0339. The molecule has 1 saturated carbocycles. The summed E-state index contributed by atoms with van der Waals surface area (Å²) in [6, 6.07) is 3.89. The Morgan fingerprint density at radius 1 is 1.38 bits per heavy atom. The van der Waals surface area contributed by atoms with Gasteiger partial charge in [-0.05, 0) is 43.9 Å². The first-order valence-electron chi connectivity index (χ1n) is 8.66. The Bertz CT molecular complexity index is 780. The molecule has 1 aliphatic carbocycles. The molecule has 1 saturated heterocycles. The molecule has 2 heterocycles. The Balaban J connectivity index is 1.48. The van der Waals surface area contributed by atoms with Crippen LogP contribution in [-0.4, -0.2) is 29.1 Å². The van der Waals surface area contributed by atoms with Crippen LogP contribution < -0.4 is 11.1 Å². The fourth-order valence-corrected chi connectivity index (χ4v) is 4.95. The smallest absolute Gasteiger partial charge is 0.251 e. The molecule has 1 aromatic heterocycles. The van der Waals surface area contributed by atoms with Gasteiger partial charge in [0.2, 0.25) is 0 Å². The average molecular weight is 345 g/mol. The summed E-state index contributed by atoms with van der Waals surface area (Å²) in [5, 5.41) is 3.69. The van der Waals surface area contributed by atoms with Gasteiger partial charge in [-0.25, -0.2) is 4.98 Å². The number of carbonyl (C=O) groups excluding carboxylic acids is 1. The highest BCUT2D eigenvalue weighted by Gasteiger charge is 2.41. The van der Waals surface area contributed by atoms with Crippen LogP contribution in [-0.2, 0) is 4.74 Å². The lowest BCUT2D eigenvalue weighted by atomic mass is 9.82. The molecule has 0 radical (unpaired) electrons. The number of nitrogens with zero attached hydrogens (tertiary/aromatic N) is 1. The van der Waals surface area contributed by atoms with Crippen LogP contribution in [0, 0.1) is 6.92 Å². The SMILES string of the molecule is Cc1cc(C(=O)N[C@@H]2COC3(CCCCC3)C2)cc2sc(N)nc12. The molecule has 6 heteroatoms. The van der Waals surface area contributed by atoms with Crippen LogP contribution in [0.2, 0.25) is 0 Å². The van der Waals surface area contributed by atoms with Crippen molar-refractivity contribution in [3.63, 3.8) is 0 Å². The van der Waals surface area contributed by atoms with E-state index in [2.05, 4.69) is 10.3 Å². The van der Waals surface area contributed by atoms with Crippen molar-refractivity contribution in [2.45, 2.75) is 57.1 Å². The van der Waals surface area contributed by atoms with Gasteiger partial charge in [-0.3, -0.25) is 4.79 Å². The molecule has 2 aromatic rings. The quantitative estimate of drug-likeness (QED) is 0.874. The molecule has 0 unspecified atom stereocenters. The molecule has 5 nitrogen and oxygen atoms in total. The van der Waals surface area contributed by atoms with E-state index in [0.29, 0.717) is 17.3 Å². The van der Waals surface area contributed by atoms with Gasteiger partial charge in [0.1, 0.15) is 0 Å². The summed E-state index contributed by atoms with van der Waals surface area (Å²) in [6.07, 6.45) is 6.98. The zero-order valence-corrected chi connectivity index (χ0v) is 14.7. The third-order valence-corrected chi connectivity index (χ3v) is 6.10. The Labute approximate surface area is 145 Å². The summed E-state index contributed by atoms with van der Waals surface area (Å²) >= 11 is 1.42. The summed E-state index contributed by atoms with van der Waals surface area (Å²) in [6.45, 7) is 2.59. The lowest BCUT2D eigenvalue weighted by Crippen LogP contribution is -2.37. The zero-order valence-electron chi connectivity index (χ0n) is 13.9. The predicted octanol–water partition coefficient (Wildman–Crippen LogP) is 3.41. The number of aromatic nitrogens is 1. The monoisotopic (exact) mass is 345 g/mol. The summed E-state index contributed by atoms with van der Waals surface area (Å²) < 4.78 is 7.05. The molecule has 1 spiro atoms. The zero-order chi connectivity index (χ0) is 16.7. The highest BCUT2D eigenvalue weighted by molar-refractivity contribution is 7.22. The van der Waals surface area contributed by atoms with Crippen molar-refractivity contribution in [2.75, 3.05) is 12.3 Å². The van der Waals surface area contributed by atoms with E-state index in [1.165, 1.54) is 30.6 Å². The third kappa shape index (κ3) is 2.89. The minimum absolute atomic E-state index is 0.0161. The van der Waals surface area contributed by atoms with E-state index in [1.807, 2.05) is 19.1 Å². The molecule has 3 N–H and O–H groups in total. The fraction of sp³-hybridized carbons (Fsp3) is 0.556. The van der Waals surface area contributed by atoms with Crippen molar-refractivity contribution >= 4 is 32.6 Å². The number of nitrogens with one attached hydrogen (secondary N) is 1.